The molecule has 0 saturated heterocycles. The van der Waals surface area contributed by atoms with E-state index in [1.54, 1.807) is 6.26 Å². The Labute approximate surface area is 60.0 Å². The Hall–Kier alpha value is -0.760. The zero-order valence-electron chi connectivity index (χ0n) is 6.00. The van der Waals surface area contributed by atoms with E-state index in [1.807, 2.05) is 6.07 Å². The quantitative estimate of drug-likeness (QED) is 0.635. The first-order valence-electron chi connectivity index (χ1n) is 3.58. The van der Waals surface area contributed by atoms with Crippen LogP contribution in [0.3, 0.4) is 0 Å². The highest BCUT2D eigenvalue weighted by Crippen LogP contribution is 2.40. The monoisotopic (exact) mass is 137 g/mol. The van der Waals surface area contributed by atoms with Gasteiger partial charge in [-0.05, 0) is 25.0 Å². The fraction of sp³-hybridized carbons (Fsp3) is 0.500. The molecule has 2 unspecified atom stereocenters. The van der Waals surface area contributed by atoms with Crippen molar-refractivity contribution >= 4 is 0 Å². The lowest BCUT2D eigenvalue weighted by molar-refractivity contribution is 0.506. The van der Waals surface area contributed by atoms with Crippen molar-refractivity contribution in [2.24, 2.45) is 5.73 Å². The van der Waals surface area contributed by atoms with Gasteiger partial charge in [0.15, 0.2) is 0 Å². The molecule has 1 heterocycles. The highest BCUT2D eigenvalue weighted by molar-refractivity contribution is 5.25. The van der Waals surface area contributed by atoms with E-state index in [2.05, 4.69) is 6.92 Å². The van der Waals surface area contributed by atoms with Gasteiger partial charge in [0.2, 0.25) is 0 Å². The Balaban J connectivity index is 2.26. The normalized spacial score (nSPS) is 30.6. The minimum atomic E-state index is 0.352. The molecule has 2 N–H and O–H groups in total. The maximum atomic E-state index is 5.67. The average Bonchev–Trinajstić information content (AvgIpc) is 2.42. The summed E-state index contributed by atoms with van der Waals surface area (Å²) in [7, 11) is 0. The molecule has 0 aromatic carbocycles. The Morgan fingerprint density at radius 1 is 1.70 bits per heavy atom. The molecule has 1 aliphatic rings. The molecule has 2 nitrogen and oxygen atoms in total. The van der Waals surface area contributed by atoms with Crippen LogP contribution in [0.25, 0.3) is 0 Å². The van der Waals surface area contributed by atoms with Gasteiger partial charge < -0.3 is 10.2 Å². The lowest BCUT2D eigenvalue weighted by Crippen LogP contribution is -2.00. The van der Waals surface area contributed by atoms with Gasteiger partial charge in [0.25, 0.3) is 0 Å². The molecular weight excluding hydrogens is 126 g/mol. The highest BCUT2D eigenvalue weighted by Gasteiger charge is 2.38. The Morgan fingerprint density at radius 2 is 2.40 bits per heavy atom. The van der Waals surface area contributed by atoms with Gasteiger partial charge >= 0.3 is 0 Å². The molecule has 1 fully saturated rings. The highest BCUT2D eigenvalue weighted by atomic mass is 16.3. The molecule has 0 spiro atoms. The van der Waals surface area contributed by atoms with Crippen LogP contribution >= 0.6 is 0 Å². The van der Waals surface area contributed by atoms with Gasteiger partial charge in [0.05, 0.1) is 6.26 Å². The molecule has 2 heteroatoms. The summed E-state index contributed by atoms with van der Waals surface area (Å²) in [5.41, 5.74) is 6.90. The van der Waals surface area contributed by atoms with Crippen LogP contribution in [-0.4, -0.2) is 6.04 Å². The van der Waals surface area contributed by atoms with Crippen molar-refractivity contribution in [1.82, 2.24) is 0 Å². The lowest BCUT2D eigenvalue weighted by atomic mass is 10.2. The molecule has 54 valence electrons. The number of hydrogen-bond acceptors (Lipinski definition) is 2. The molecule has 2 atom stereocenters. The molecule has 2 rings (SSSR count). The maximum Gasteiger partial charge on any atom is 0.111 e. The third-order valence-corrected chi connectivity index (χ3v) is 2.08. The standard InChI is InChI=1S/C8H11NO/c1-5-2-3-10-8(5)6-4-7(6)9/h2-3,6-7H,4,9H2,1H3. The largest absolute Gasteiger partial charge is 0.469 e. The van der Waals surface area contributed by atoms with E-state index in [0.29, 0.717) is 12.0 Å². The van der Waals surface area contributed by atoms with Crippen LogP contribution in [0.2, 0.25) is 0 Å². The predicted octanol–water partition coefficient (Wildman–Crippen LogP) is 1.40. The zero-order valence-corrected chi connectivity index (χ0v) is 6.00. The second kappa shape index (κ2) is 1.86. The van der Waals surface area contributed by atoms with E-state index in [4.69, 9.17) is 10.2 Å². The summed E-state index contributed by atoms with van der Waals surface area (Å²) in [6.45, 7) is 2.06. The molecule has 1 saturated carbocycles. The van der Waals surface area contributed by atoms with Crippen molar-refractivity contribution in [3.8, 4) is 0 Å². The smallest absolute Gasteiger partial charge is 0.111 e. The fourth-order valence-electron chi connectivity index (χ4n) is 1.28. The van der Waals surface area contributed by atoms with Crippen molar-refractivity contribution in [3.05, 3.63) is 23.7 Å². The summed E-state index contributed by atoms with van der Waals surface area (Å²) in [5, 5.41) is 0. The summed E-state index contributed by atoms with van der Waals surface area (Å²) < 4.78 is 5.28. The van der Waals surface area contributed by atoms with Crippen LogP contribution in [0, 0.1) is 6.92 Å². The van der Waals surface area contributed by atoms with E-state index >= 15 is 0 Å². The van der Waals surface area contributed by atoms with E-state index in [1.165, 1.54) is 5.56 Å². The van der Waals surface area contributed by atoms with Crippen LogP contribution < -0.4 is 5.73 Å². The molecule has 1 aromatic heterocycles. The lowest BCUT2D eigenvalue weighted by Gasteiger charge is -1.91. The Kier molecular flexibility index (Phi) is 1.11. The topological polar surface area (TPSA) is 39.2 Å². The first-order chi connectivity index (χ1) is 4.79. The van der Waals surface area contributed by atoms with Crippen LogP contribution in [0.5, 0.6) is 0 Å². The third-order valence-electron chi connectivity index (χ3n) is 2.08. The summed E-state index contributed by atoms with van der Waals surface area (Å²) >= 11 is 0. The second-order valence-corrected chi connectivity index (χ2v) is 2.97. The number of rotatable bonds is 1. The van der Waals surface area contributed by atoms with E-state index in [0.717, 1.165) is 12.2 Å². The van der Waals surface area contributed by atoms with Crippen molar-refractivity contribution < 1.29 is 4.42 Å². The van der Waals surface area contributed by atoms with Gasteiger partial charge in [-0.1, -0.05) is 0 Å². The molecule has 1 aromatic rings. The Morgan fingerprint density at radius 3 is 2.80 bits per heavy atom. The third kappa shape index (κ3) is 0.762. The zero-order chi connectivity index (χ0) is 7.14. The van der Waals surface area contributed by atoms with Gasteiger partial charge in [-0.15, -0.1) is 0 Å². The SMILES string of the molecule is Cc1ccoc1C1CC1N. The molecule has 0 aliphatic heterocycles. The molecule has 10 heavy (non-hydrogen) atoms. The number of aryl methyl sites for hydroxylation is 1. The first kappa shape index (κ1) is 5.98. The summed E-state index contributed by atoms with van der Waals surface area (Å²) in [6, 6.07) is 2.34. The molecular formula is C8H11NO. The fourth-order valence-corrected chi connectivity index (χ4v) is 1.28. The van der Waals surface area contributed by atoms with Crippen molar-refractivity contribution in [2.45, 2.75) is 25.3 Å². The van der Waals surface area contributed by atoms with Gasteiger partial charge in [0, 0.05) is 12.0 Å². The van der Waals surface area contributed by atoms with Crippen LogP contribution in [0.1, 0.15) is 23.7 Å². The average molecular weight is 137 g/mol. The van der Waals surface area contributed by atoms with E-state index in [9.17, 15) is 0 Å². The van der Waals surface area contributed by atoms with Gasteiger partial charge in [-0.25, -0.2) is 0 Å². The molecule has 1 aliphatic carbocycles. The number of furan rings is 1. The van der Waals surface area contributed by atoms with Gasteiger partial charge in [-0.3, -0.25) is 0 Å². The minimum Gasteiger partial charge on any atom is -0.469 e. The molecule has 0 bridgehead atoms. The minimum absolute atomic E-state index is 0.352. The van der Waals surface area contributed by atoms with Gasteiger partial charge in [0.1, 0.15) is 5.76 Å². The number of nitrogens with two attached hydrogens (primary N) is 1. The van der Waals surface area contributed by atoms with Crippen LogP contribution in [0.4, 0.5) is 0 Å². The van der Waals surface area contributed by atoms with Crippen molar-refractivity contribution in [1.29, 1.82) is 0 Å². The molecule has 0 amide bonds. The van der Waals surface area contributed by atoms with Crippen molar-refractivity contribution in [3.63, 3.8) is 0 Å². The van der Waals surface area contributed by atoms with Gasteiger partial charge in [-0.2, -0.15) is 0 Å². The summed E-state index contributed by atoms with van der Waals surface area (Å²) in [6.07, 6.45) is 2.82. The van der Waals surface area contributed by atoms with E-state index < -0.39 is 0 Å². The first-order valence-corrected chi connectivity index (χ1v) is 3.58. The van der Waals surface area contributed by atoms with E-state index in [-0.39, 0.29) is 0 Å². The molecule has 0 radical (unpaired) electrons. The Bertz CT molecular complexity index is 241. The number of hydrogen-bond donors (Lipinski definition) is 1. The second-order valence-electron chi connectivity index (χ2n) is 2.97. The van der Waals surface area contributed by atoms with Crippen LogP contribution in [-0.2, 0) is 0 Å². The summed E-state index contributed by atoms with van der Waals surface area (Å²) in [5.74, 6) is 1.60. The van der Waals surface area contributed by atoms with Crippen molar-refractivity contribution in [2.75, 3.05) is 0 Å². The predicted molar refractivity (Wildman–Crippen MR) is 38.8 cm³/mol. The maximum absolute atomic E-state index is 5.67. The summed E-state index contributed by atoms with van der Waals surface area (Å²) in [4.78, 5) is 0. The van der Waals surface area contributed by atoms with Crippen LogP contribution in [0.15, 0.2) is 16.7 Å².